The fourth-order valence-corrected chi connectivity index (χ4v) is 3.05. The largest absolute Gasteiger partial charge is 0.462 e. The third kappa shape index (κ3) is 3.25. The molecule has 1 N–H and O–H groups in total. The molecule has 1 aromatic heterocycles. The number of aromatic nitrogens is 1. The molecule has 0 aliphatic rings. The minimum Gasteiger partial charge on any atom is -0.462 e. The first-order chi connectivity index (χ1) is 12.4. The first-order valence-corrected chi connectivity index (χ1v) is 8.90. The second kappa shape index (κ2) is 7.34. The number of hydrogen-bond acceptors (Lipinski definition) is 4. The maximum Gasteiger partial charge on any atom is 0.341 e. The van der Waals surface area contributed by atoms with Crippen molar-refractivity contribution >= 4 is 39.8 Å². The second-order valence-corrected chi connectivity index (χ2v) is 6.62. The third-order valence-corrected chi connectivity index (χ3v) is 5.00. The van der Waals surface area contributed by atoms with Crippen molar-refractivity contribution < 1.29 is 9.53 Å². The van der Waals surface area contributed by atoms with Gasteiger partial charge in [0.2, 0.25) is 0 Å². The predicted octanol–water partition coefficient (Wildman–Crippen LogP) is 5.73. The van der Waals surface area contributed by atoms with E-state index in [1.165, 1.54) is 5.56 Å². The van der Waals surface area contributed by atoms with Gasteiger partial charge in [-0.3, -0.25) is 4.98 Å². The van der Waals surface area contributed by atoms with Crippen molar-refractivity contribution in [2.75, 3.05) is 11.9 Å². The Morgan fingerprint density at radius 2 is 1.92 bits per heavy atom. The Morgan fingerprint density at radius 1 is 1.15 bits per heavy atom. The predicted molar refractivity (Wildman–Crippen MR) is 107 cm³/mol. The Labute approximate surface area is 158 Å². The van der Waals surface area contributed by atoms with Crippen LogP contribution in [0.3, 0.4) is 0 Å². The van der Waals surface area contributed by atoms with E-state index in [1.807, 2.05) is 38.1 Å². The van der Waals surface area contributed by atoms with Gasteiger partial charge in [0.25, 0.3) is 0 Å². The Hall–Kier alpha value is -2.59. The van der Waals surface area contributed by atoms with Gasteiger partial charge in [0.1, 0.15) is 5.56 Å². The summed E-state index contributed by atoms with van der Waals surface area (Å²) >= 11 is 6.25. The number of carbonyl (C=O) groups excluding carboxylic acids is 1. The maximum absolute atomic E-state index is 12.5. The second-order valence-electron chi connectivity index (χ2n) is 6.21. The molecule has 0 saturated heterocycles. The van der Waals surface area contributed by atoms with Gasteiger partial charge in [-0.15, -0.1) is 0 Å². The molecule has 3 aromatic rings. The normalized spacial score (nSPS) is 10.8. The van der Waals surface area contributed by atoms with Gasteiger partial charge in [0, 0.05) is 22.3 Å². The molecule has 0 bridgehead atoms. The molecular weight excluding hydrogens is 348 g/mol. The molecule has 5 heteroatoms. The van der Waals surface area contributed by atoms with E-state index >= 15 is 0 Å². The van der Waals surface area contributed by atoms with Gasteiger partial charge in [-0.2, -0.15) is 0 Å². The summed E-state index contributed by atoms with van der Waals surface area (Å²) in [6, 6.07) is 9.74. The molecule has 134 valence electrons. The van der Waals surface area contributed by atoms with E-state index < -0.39 is 5.97 Å². The van der Waals surface area contributed by atoms with Crippen molar-refractivity contribution in [3.63, 3.8) is 0 Å². The van der Waals surface area contributed by atoms with Crippen LogP contribution in [0.5, 0.6) is 0 Å². The number of pyridine rings is 1. The van der Waals surface area contributed by atoms with Gasteiger partial charge in [-0.1, -0.05) is 23.7 Å². The fraction of sp³-hybridized carbons (Fsp3) is 0.238. The summed E-state index contributed by atoms with van der Waals surface area (Å²) in [5, 5.41) is 4.90. The molecule has 2 aromatic carbocycles. The number of anilines is 2. The van der Waals surface area contributed by atoms with Crippen LogP contribution in [-0.4, -0.2) is 17.6 Å². The summed E-state index contributed by atoms with van der Waals surface area (Å²) in [4.78, 5) is 16.9. The number of aryl methyl sites for hydroxylation is 2. The number of rotatable bonds is 4. The van der Waals surface area contributed by atoms with Crippen molar-refractivity contribution in [2.24, 2.45) is 0 Å². The maximum atomic E-state index is 12.5. The van der Waals surface area contributed by atoms with E-state index in [-0.39, 0.29) is 0 Å². The van der Waals surface area contributed by atoms with Gasteiger partial charge in [-0.25, -0.2) is 4.79 Å². The van der Waals surface area contributed by atoms with Crippen LogP contribution in [0.25, 0.3) is 10.9 Å². The zero-order valence-corrected chi connectivity index (χ0v) is 16.1. The van der Waals surface area contributed by atoms with E-state index in [2.05, 4.69) is 23.3 Å². The van der Waals surface area contributed by atoms with E-state index in [9.17, 15) is 4.79 Å². The summed E-state index contributed by atoms with van der Waals surface area (Å²) in [5.74, 6) is -0.401. The lowest BCUT2D eigenvalue weighted by Crippen LogP contribution is -2.10. The highest BCUT2D eigenvalue weighted by molar-refractivity contribution is 6.32. The zero-order valence-electron chi connectivity index (χ0n) is 15.3. The number of nitrogens with zero attached hydrogens (tertiary/aromatic N) is 1. The smallest absolute Gasteiger partial charge is 0.341 e. The van der Waals surface area contributed by atoms with Crippen molar-refractivity contribution in [3.8, 4) is 0 Å². The highest BCUT2D eigenvalue weighted by atomic mass is 35.5. The van der Waals surface area contributed by atoms with E-state index in [0.29, 0.717) is 22.9 Å². The lowest BCUT2D eigenvalue weighted by atomic mass is 10.0. The van der Waals surface area contributed by atoms with Crippen LogP contribution in [0.15, 0.2) is 36.5 Å². The average Bonchev–Trinajstić information content (AvgIpc) is 2.62. The minimum absolute atomic E-state index is 0.305. The first kappa shape index (κ1) is 18.2. The minimum atomic E-state index is -0.401. The summed E-state index contributed by atoms with van der Waals surface area (Å²) in [6.45, 7) is 8.12. The number of nitrogens with one attached hydrogen (secondary N) is 1. The molecule has 0 spiro atoms. The third-order valence-electron chi connectivity index (χ3n) is 4.59. The van der Waals surface area contributed by atoms with Gasteiger partial charge in [0.15, 0.2) is 0 Å². The fourth-order valence-electron chi connectivity index (χ4n) is 2.90. The SMILES string of the molecule is CCOC(=O)c1cnc2c(C)c(Cl)ccc2c1Nc1cccc(C)c1C. The molecule has 1 heterocycles. The molecule has 0 fully saturated rings. The van der Waals surface area contributed by atoms with Crippen molar-refractivity contribution in [1.29, 1.82) is 0 Å². The Bertz CT molecular complexity index is 999. The number of carbonyl (C=O) groups is 1. The van der Waals surface area contributed by atoms with Crippen LogP contribution in [-0.2, 0) is 4.74 Å². The van der Waals surface area contributed by atoms with Crippen LogP contribution < -0.4 is 5.32 Å². The number of fused-ring (bicyclic) bond motifs is 1. The van der Waals surface area contributed by atoms with Gasteiger partial charge >= 0.3 is 5.97 Å². The molecule has 26 heavy (non-hydrogen) atoms. The van der Waals surface area contributed by atoms with E-state index in [0.717, 1.165) is 27.7 Å². The van der Waals surface area contributed by atoms with Crippen molar-refractivity contribution in [3.05, 3.63) is 63.8 Å². The summed E-state index contributed by atoms with van der Waals surface area (Å²) < 4.78 is 5.22. The molecule has 0 aliphatic heterocycles. The standard InChI is InChI=1S/C21H21ClN2O2/c1-5-26-21(25)16-11-23-19-14(4)17(22)10-9-15(19)20(16)24-18-8-6-7-12(2)13(18)3/h6-11H,5H2,1-4H3,(H,23,24). The molecular formula is C21H21ClN2O2. The van der Waals surface area contributed by atoms with Crippen LogP contribution in [0.1, 0.15) is 34.0 Å². The molecule has 0 saturated carbocycles. The first-order valence-electron chi connectivity index (χ1n) is 8.52. The quantitative estimate of drug-likeness (QED) is 0.597. The molecule has 0 atom stereocenters. The zero-order chi connectivity index (χ0) is 18.8. The monoisotopic (exact) mass is 368 g/mol. The van der Waals surface area contributed by atoms with E-state index in [1.54, 1.807) is 13.1 Å². The van der Waals surface area contributed by atoms with Crippen molar-refractivity contribution in [1.82, 2.24) is 4.98 Å². The lowest BCUT2D eigenvalue weighted by Gasteiger charge is -2.17. The van der Waals surface area contributed by atoms with Crippen LogP contribution >= 0.6 is 11.6 Å². The molecule has 0 aliphatic carbocycles. The van der Waals surface area contributed by atoms with Crippen LogP contribution in [0, 0.1) is 20.8 Å². The highest BCUT2D eigenvalue weighted by Crippen LogP contribution is 2.34. The van der Waals surface area contributed by atoms with Crippen molar-refractivity contribution in [2.45, 2.75) is 27.7 Å². The van der Waals surface area contributed by atoms with Gasteiger partial charge in [0.05, 0.1) is 17.8 Å². The van der Waals surface area contributed by atoms with Crippen LogP contribution in [0.4, 0.5) is 11.4 Å². The van der Waals surface area contributed by atoms with Gasteiger partial charge < -0.3 is 10.1 Å². The van der Waals surface area contributed by atoms with Gasteiger partial charge in [-0.05, 0) is 62.6 Å². The number of benzene rings is 2. The number of ether oxygens (including phenoxy) is 1. The lowest BCUT2D eigenvalue weighted by molar-refractivity contribution is 0.0527. The summed E-state index contributed by atoms with van der Waals surface area (Å²) in [7, 11) is 0. The molecule has 4 nitrogen and oxygen atoms in total. The number of esters is 1. The number of halogens is 1. The molecule has 0 radical (unpaired) electrons. The summed E-state index contributed by atoms with van der Waals surface area (Å²) in [5.41, 5.74) is 5.96. The topological polar surface area (TPSA) is 51.2 Å². The highest BCUT2D eigenvalue weighted by Gasteiger charge is 2.19. The number of hydrogen-bond donors (Lipinski definition) is 1. The molecule has 3 rings (SSSR count). The Morgan fingerprint density at radius 3 is 2.65 bits per heavy atom. The van der Waals surface area contributed by atoms with Crippen LogP contribution in [0.2, 0.25) is 5.02 Å². The molecule has 0 amide bonds. The molecule has 0 unspecified atom stereocenters. The Kier molecular flexibility index (Phi) is 5.14. The Balaban J connectivity index is 2.25. The van der Waals surface area contributed by atoms with E-state index in [4.69, 9.17) is 16.3 Å². The summed E-state index contributed by atoms with van der Waals surface area (Å²) in [6.07, 6.45) is 1.55. The average molecular weight is 369 g/mol.